The van der Waals surface area contributed by atoms with Crippen LogP contribution in [0.1, 0.15) is 90.4 Å². The van der Waals surface area contributed by atoms with Crippen LogP contribution in [0.25, 0.3) is 0 Å². The molecule has 1 fully saturated rings. The Bertz CT molecular complexity index is 157. The Labute approximate surface area is 110 Å². The van der Waals surface area contributed by atoms with Crippen molar-refractivity contribution in [3.63, 3.8) is 0 Å². The molecule has 0 spiro atoms. The predicted octanol–water partition coefficient (Wildman–Crippen LogP) is 6.16. The van der Waals surface area contributed by atoms with Gasteiger partial charge in [-0.1, -0.05) is 84.5 Å². The zero-order chi connectivity index (χ0) is 12.3. The standard InChI is InChI=1S/C17H33/c1-3-5-7-9-11-13-16(17-14-15-17)12-10-8-6-4-2/h16-17H,1,3-15H2,2H3. The molecule has 1 saturated carbocycles. The summed E-state index contributed by atoms with van der Waals surface area (Å²) in [5.74, 6) is 2.22. The molecule has 0 aromatic rings. The summed E-state index contributed by atoms with van der Waals surface area (Å²) in [6.07, 6.45) is 18.7. The quantitative estimate of drug-likeness (QED) is 0.357. The van der Waals surface area contributed by atoms with Gasteiger partial charge in [-0.15, -0.1) is 0 Å². The Morgan fingerprint density at radius 2 is 1.47 bits per heavy atom. The lowest BCUT2D eigenvalue weighted by molar-refractivity contribution is 0.364. The largest absolute Gasteiger partial charge is 0.0654 e. The lowest BCUT2D eigenvalue weighted by atomic mass is 9.90. The summed E-state index contributed by atoms with van der Waals surface area (Å²) >= 11 is 0. The van der Waals surface area contributed by atoms with Crippen molar-refractivity contribution in [1.29, 1.82) is 0 Å². The Hall–Kier alpha value is 0. The maximum absolute atomic E-state index is 3.91. The normalized spacial score (nSPS) is 17.3. The third-order valence-corrected chi connectivity index (χ3v) is 4.29. The molecule has 1 rings (SSSR count). The zero-order valence-corrected chi connectivity index (χ0v) is 12.1. The third-order valence-electron chi connectivity index (χ3n) is 4.29. The molecule has 0 aromatic carbocycles. The second kappa shape index (κ2) is 9.97. The molecule has 0 aliphatic heterocycles. The third kappa shape index (κ3) is 7.84. The van der Waals surface area contributed by atoms with E-state index in [9.17, 15) is 0 Å². The summed E-state index contributed by atoms with van der Waals surface area (Å²) in [5.41, 5.74) is 0. The molecule has 1 aliphatic carbocycles. The summed E-state index contributed by atoms with van der Waals surface area (Å²) < 4.78 is 0. The molecule has 0 N–H and O–H groups in total. The van der Waals surface area contributed by atoms with E-state index in [4.69, 9.17) is 0 Å². The Balaban J connectivity index is 1.98. The van der Waals surface area contributed by atoms with E-state index >= 15 is 0 Å². The summed E-state index contributed by atoms with van der Waals surface area (Å²) in [4.78, 5) is 0. The molecule has 0 bridgehead atoms. The average Bonchev–Trinajstić information content (AvgIpc) is 3.16. The molecular formula is C17H33. The molecule has 1 atom stereocenters. The highest BCUT2D eigenvalue weighted by Gasteiger charge is 2.29. The maximum Gasteiger partial charge on any atom is -0.0386 e. The van der Waals surface area contributed by atoms with Crippen LogP contribution in [0.5, 0.6) is 0 Å². The van der Waals surface area contributed by atoms with Crippen molar-refractivity contribution in [2.24, 2.45) is 11.8 Å². The number of unbranched alkanes of at least 4 members (excludes halogenated alkanes) is 7. The van der Waals surface area contributed by atoms with E-state index in [-0.39, 0.29) is 0 Å². The van der Waals surface area contributed by atoms with Gasteiger partial charge in [-0.2, -0.15) is 0 Å². The highest BCUT2D eigenvalue weighted by molar-refractivity contribution is 4.81. The van der Waals surface area contributed by atoms with Crippen LogP contribution in [0.2, 0.25) is 0 Å². The summed E-state index contributed by atoms with van der Waals surface area (Å²) in [6, 6.07) is 0. The van der Waals surface area contributed by atoms with E-state index in [1.54, 1.807) is 0 Å². The SMILES string of the molecule is [CH2]CCCCCCC(CCCCCC)C1CC1. The van der Waals surface area contributed by atoms with E-state index < -0.39 is 0 Å². The van der Waals surface area contributed by atoms with Gasteiger partial charge in [0, 0.05) is 0 Å². The molecule has 0 amide bonds. The number of hydrogen-bond donors (Lipinski definition) is 0. The molecule has 0 heterocycles. The van der Waals surface area contributed by atoms with Crippen molar-refractivity contribution in [3.8, 4) is 0 Å². The van der Waals surface area contributed by atoms with Gasteiger partial charge in [-0.25, -0.2) is 0 Å². The molecule has 1 radical (unpaired) electrons. The van der Waals surface area contributed by atoms with Gasteiger partial charge >= 0.3 is 0 Å². The van der Waals surface area contributed by atoms with Gasteiger partial charge in [-0.05, 0) is 24.7 Å². The van der Waals surface area contributed by atoms with Crippen LogP contribution < -0.4 is 0 Å². The van der Waals surface area contributed by atoms with Crippen molar-refractivity contribution in [3.05, 3.63) is 6.92 Å². The molecule has 1 aliphatic rings. The van der Waals surface area contributed by atoms with Crippen LogP contribution in [-0.2, 0) is 0 Å². The van der Waals surface area contributed by atoms with E-state index in [1.807, 2.05) is 0 Å². The van der Waals surface area contributed by atoms with Gasteiger partial charge in [0.2, 0.25) is 0 Å². The van der Waals surface area contributed by atoms with Crippen LogP contribution in [0.4, 0.5) is 0 Å². The van der Waals surface area contributed by atoms with Gasteiger partial charge in [0.05, 0.1) is 0 Å². The first-order chi connectivity index (χ1) is 8.38. The predicted molar refractivity (Wildman–Crippen MR) is 78.0 cm³/mol. The summed E-state index contributed by atoms with van der Waals surface area (Å²) in [7, 11) is 0. The van der Waals surface area contributed by atoms with Gasteiger partial charge in [-0.3, -0.25) is 0 Å². The monoisotopic (exact) mass is 237 g/mol. The number of rotatable bonds is 12. The van der Waals surface area contributed by atoms with E-state index in [0.29, 0.717) is 0 Å². The topological polar surface area (TPSA) is 0 Å². The van der Waals surface area contributed by atoms with Crippen LogP contribution in [0, 0.1) is 18.8 Å². The first-order valence-electron chi connectivity index (χ1n) is 8.17. The zero-order valence-electron chi connectivity index (χ0n) is 12.1. The Morgan fingerprint density at radius 3 is 2.00 bits per heavy atom. The number of hydrogen-bond acceptors (Lipinski definition) is 0. The smallest absolute Gasteiger partial charge is 0.0386 e. The molecule has 1 unspecified atom stereocenters. The Kier molecular flexibility index (Phi) is 8.83. The molecule has 101 valence electrons. The minimum absolute atomic E-state index is 1.09. The van der Waals surface area contributed by atoms with Gasteiger partial charge in [0.25, 0.3) is 0 Å². The van der Waals surface area contributed by atoms with Gasteiger partial charge in [0.1, 0.15) is 0 Å². The fourth-order valence-electron chi connectivity index (χ4n) is 2.95. The first-order valence-corrected chi connectivity index (χ1v) is 8.17. The van der Waals surface area contributed by atoms with Gasteiger partial charge < -0.3 is 0 Å². The van der Waals surface area contributed by atoms with Crippen LogP contribution in [0.15, 0.2) is 0 Å². The van der Waals surface area contributed by atoms with E-state index in [0.717, 1.165) is 18.3 Å². The molecule has 0 nitrogen and oxygen atoms in total. The van der Waals surface area contributed by atoms with E-state index in [1.165, 1.54) is 77.0 Å². The summed E-state index contributed by atoms with van der Waals surface area (Å²) in [5, 5.41) is 0. The molecule has 17 heavy (non-hydrogen) atoms. The lowest BCUT2D eigenvalue weighted by Gasteiger charge is -2.15. The average molecular weight is 237 g/mol. The van der Waals surface area contributed by atoms with Crippen LogP contribution in [0.3, 0.4) is 0 Å². The fourth-order valence-corrected chi connectivity index (χ4v) is 2.95. The maximum atomic E-state index is 3.91. The lowest BCUT2D eigenvalue weighted by Crippen LogP contribution is -2.03. The molecular weight excluding hydrogens is 204 g/mol. The molecule has 0 aromatic heterocycles. The van der Waals surface area contributed by atoms with Crippen molar-refractivity contribution in [2.75, 3.05) is 0 Å². The Morgan fingerprint density at radius 1 is 0.882 bits per heavy atom. The van der Waals surface area contributed by atoms with Crippen molar-refractivity contribution >= 4 is 0 Å². The highest BCUT2D eigenvalue weighted by Crippen LogP contribution is 2.41. The molecule has 0 saturated heterocycles. The minimum Gasteiger partial charge on any atom is -0.0654 e. The van der Waals surface area contributed by atoms with Crippen molar-refractivity contribution in [1.82, 2.24) is 0 Å². The second-order valence-corrected chi connectivity index (χ2v) is 6.00. The molecule has 0 heteroatoms. The highest BCUT2D eigenvalue weighted by atomic mass is 14.3. The van der Waals surface area contributed by atoms with Crippen molar-refractivity contribution in [2.45, 2.75) is 90.4 Å². The van der Waals surface area contributed by atoms with Crippen LogP contribution >= 0.6 is 0 Å². The fraction of sp³-hybridized carbons (Fsp3) is 0.941. The van der Waals surface area contributed by atoms with E-state index in [2.05, 4.69) is 13.8 Å². The van der Waals surface area contributed by atoms with Crippen molar-refractivity contribution < 1.29 is 0 Å². The van der Waals surface area contributed by atoms with Crippen LogP contribution in [-0.4, -0.2) is 0 Å². The second-order valence-electron chi connectivity index (χ2n) is 6.00. The van der Waals surface area contributed by atoms with Gasteiger partial charge in [0.15, 0.2) is 0 Å². The summed E-state index contributed by atoms with van der Waals surface area (Å²) in [6.45, 7) is 6.22. The minimum atomic E-state index is 1.09. The first kappa shape index (κ1) is 15.1.